The minimum atomic E-state index is -4.43. The minimum Gasteiger partial charge on any atom is -0.326 e. The number of halogens is 4. The van der Waals surface area contributed by atoms with E-state index in [2.05, 4.69) is 26.6 Å². The first-order valence-corrected chi connectivity index (χ1v) is 7.99. The van der Waals surface area contributed by atoms with E-state index in [4.69, 9.17) is 0 Å². The SMILES string of the molecule is O=C(Nc1cc(Br)cc(C(F)(F)F)c1)C1CC12CCNCC2. The van der Waals surface area contributed by atoms with Gasteiger partial charge in [0.2, 0.25) is 5.91 Å². The summed E-state index contributed by atoms with van der Waals surface area (Å²) in [7, 11) is 0. The van der Waals surface area contributed by atoms with E-state index in [1.165, 1.54) is 6.07 Å². The van der Waals surface area contributed by atoms with Crippen molar-refractivity contribution in [2.75, 3.05) is 18.4 Å². The van der Waals surface area contributed by atoms with Gasteiger partial charge in [0.1, 0.15) is 0 Å². The van der Waals surface area contributed by atoms with Crippen molar-refractivity contribution < 1.29 is 18.0 Å². The number of hydrogen-bond acceptors (Lipinski definition) is 2. The lowest BCUT2D eigenvalue weighted by atomic mass is 9.92. The zero-order chi connectivity index (χ0) is 16.0. The predicted molar refractivity (Wildman–Crippen MR) is 80.4 cm³/mol. The number of benzene rings is 1. The second kappa shape index (κ2) is 5.53. The third kappa shape index (κ3) is 3.15. The van der Waals surface area contributed by atoms with Gasteiger partial charge in [0, 0.05) is 16.1 Å². The Morgan fingerprint density at radius 3 is 2.59 bits per heavy atom. The molecule has 0 radical (unpaired) electrons. The van der Waals surface area contributed by atoms with Gasteiger partial charge < -0.3 is 10.6 Å². The van der Waals surface area contributed by atoms with Crippen LogP contribution in [0.1, 0.15) is 24.8 Å². The summed E-state index contributed by atoms with van der Waals surface area (Å²) in [5.41, 5.74) is -0.527. The molecular weight excluding hydrogens is 361 g/mol. The highest BCUT2D eigenvalue weighted by molar-refractivity contribution is 9.10. The van der Waals surface area contributed by atoms with Gasteiger partial charge in [-0.05, 0) is 56.0 Å². The van der Waals surface area contributed by atoms with Crippen molar-refractivity contribution in [1.82, 2.24) is 5.32 Å². The Labute approximate surface area is 134 Å². The zero-order valence-corrected chi connectivity index (χ0v) is 13.4. The van der Waals surface area contributed by atoms with Gasteiger partial charge in [0.15, 0.2) is 0 Å². The van der Waals surface area contributed by atoms with Gasteiger partial charge in [-0.2, -0.15) is 13.2 Å². The van der Waals surface area contributed by atoms with Gasteiger partial charge in [0.25, 0.3) is 0 Å². The summed E-state index contributed by atoms with van der Waals surface area (Å²) in [5.74, 6) is -0.254. The van der Waals surface area contributed by atoms with Gasteiger partial charge in [0.05, 0.1) is 5.56 Å². The number of alkyl halides is 3. The molecule has 1 saturated heterocycles. The number of anilines is 1. The van der Waals surface area contributed by atoms with Crippen LogP contribution in [0.3, 0.4) is 0 Å². The Morgan fingerprint density at radius 1 is 1.27 bits per heavy atom. The first-order chi connectivity index (χ1) is 10.3. The van der Waals surface area contributed by atoms with Crippen molar-refractivity contribution >= 4 is 27.5 Å². The highest BCUT2D eigenvalue weighted by atomic mass is 79.9. The van der Waals surface area contributed by atoms with Crippen LogP contribution >= 0.6 is 15.9 Å². The maximum Gasteiger partial charge on any atom is 0.416 e. The molecule has 1 aromatic carbocycles. The molecule has 2 fully saturated rings. The molecule has 7 heteroatoms. The molecule has 1 unspecified atom stereocenters. The number of amides is 1. The number of hydrogen-bond donors (Lipinski definition) is 2. The summed E-state index contributed by atoms with van der Waals surface area (Å²) in [5, 5.41) is 5.90. The number of nitrogens with one attached hydrogen (secondary N) is 2. The van der Waals surface area contributed by atoms with E-state index in [1.807, 2.05) is 0 Å². The monoisotopic (exact) mass is 376 g/mol. The quantitative estimate of drug-likeness (QED) is 0.824. The fraction of sp³-hybridized carbons (Fsp3) is 0.533. The van der Waals surface area contributed by atoms with Crippen LogP contribution in [0.2, 0.25) is 0 Å². The van der Waals surface area contributed by atoms with Crippen LogP contribution < -0.4 is 10.6 Å². The van der Waals surface area contributed by atoms with E-state index in [0.717, 1.165) is 44.5 Å². The standard InChI is InChI=1S/C15H16BrF3N2O/c16-10-5-9(15(17,18)19)6-11(7-10)21-13(22)12-8-14(12)1-3-20-4-2-14/h5-7,12,20H,1-4,8H2,(H,21,22). The number of piperidine rings is 1. The predicted octanol–water partition coefficient (Wildman–Crippen LogP) is 3.80. The van der Waals surface area contributed by atoms with Crippen molar-refractivity contribution in [2.24, 2.45) is 11.3 Å². The third-order valence-corrected chi connectivity index (χ3v) is 5.06. The van der Waals surface area contributed by atoms with Crippen LogP contribution in [0.15, 0.2) is 22.7 Å². The molecule has 22 heavy (non-hydrogen) atoms. The maximum absolute atomic E-state index is 12.8. The molecule has 1 heterocycles. The Balaban J connectivity index is 1.71. The smallest absolute Gasteiger partial charge is 0.326 e. The van der Waals surface area contributed by atoms with Crippen LogP contribution in [0, 0.1) is 11.3 Å². The van der Waals surface area contributed by atoms with Crippen LogP contribution in [-0.4, -0.2) is 19.0 Å². The van der Waals surface area contributed by atoms with E-state index in [0.29, 0.717) is 4.47 Å². The summed E-state index contributed by atoms with van der Waals surface area (Å²) in [6.07, 6.45) is -1.69. The van der Waals surface area contributed by atoms with Gasteiger partial charge in [-0.25, -0.2) is 0 Å². The molecule has 0 bridgehead atoms. The number of rotatable bonds is 2. The molecule has 1 aromatic rings. The summed E-state index contributed by atoms with van der Waals surface area (Å²) in [4.78, 5) is 12.3. The Hall–Kier alpha value is -1.08. The molecule has 1 spiro atoms. The molecule has 2 aliphatic rings. The minimum absolute atomic E-state index is 0.0637. The molecule has 1 aliphatic carbocycles. The molecule has 0 aromatic heterocycles. The molecule has 2 N–H and O–H groups in total. The van der Waals surface area contributed by atoms with E-state index in [-0.39, 0.29) is 22.9 Å². The molecule has 3 nitrogen and oxygen atoms in total. The van der Waals surface area contributed by atoms with E-state index in [9.17, 15) is 18.0 Å². The Morgan fingerprint density at radius 2 is 1.95 bits per heavy atom. The average Bonchev–Trinajstić information content (AvgIpc) is 3.11. The first kappa shape index (κ1) is 15.8. The summed E-state index contributed by atoms with van der Waals surface area (Å²) in [6.45, 7) is 1.80. The highest BCUT2D eigenvalue weighted by Gasteiger charge is 2.57. The van der Waals surface area contributed by atoms with Crippen LogP contribution in [0.5, 0.6) is 0 Å². The third-order valence-electron chi connectivity index (χ3n) is 4.60. The summed E-state index contributed by atoms with van der Waals surface area (Å²) in [6, 6.07) is 3.46. The van der Waals surface area contributed by atoms with Gasteiger partial charge in [-0.1, -0.05) is 15.9 Å². The van der Waals surface area contributed by atoms with Crippen molar-refractivity contribution in [3.63, 3.8) is 0 Å². The zero-order valence-electron chi connectivity index (χ0n) is 11.8. The van der Waals surface area contributed by atoms with Crippen LogP contribution in [0.4, 0.5) is 18.9 Å². The lowest BCUT2D eigenvalue weighted by Gasteiger charge is -2.23. The maximum atomic E-state index is 12.8. The van der Waals surface area contributed by atoms with Crippen molar-refractivity contribution in [2.45, 2.75) is 25.4 Å². The van der Waals surface area contributed by atoms with E-state index < -0.39 is 11.7 Å². The fourth-order valence-corrected chi connectivity index (χ4v) is 3.74. The topological polar surface area (TPSA) is 41.1 Å². The number of carbonyl (C=O) groups excluding carboxylic acids is 1. The first-order valence-electron chi connectivity index (χ1n) is 7.20. The molecule has 1 aliphatic heterocycles. The van der Waals surface area contributed by atoms with Crippen molar-refractivity contribution in [3.05, 3.63) is 28.2 Å². The normalized spacial score (nSPS) is 23.4. The molecular formula is C15H16BrF3N2O. The second-order valence-corrected chi connectivity index (χ2v) is 7.00. The molecule has 1 saturated carbocycles. The van der Waals surface area contributed by atoms with Gasteiger partial charge in [-0.15, -0.1) is 0 Å². The number of carbonyl (C=O) groups is 1. The Kier molecular flexibility index (Phi) is 3.97. The van der Waals surface area contributed by atoms with Gasteiger partial charge in [-0.3, -0.25) is 4.79 Å². The summed E-state index contributed by atoms with van der Waals surface area (Å²) < 4.78 is 38.7. The average molecular weight is 377 g/mol. The van der Waals surface area contributed by atoms with Gasteiger partial charge >= 0.3 is 6.18 Å². The van der Waals surface area contributed by atoms with Crippen LogP contribution in [0.25, 0.3) is 0 Å². The molecule has 1 atom stereocenters. The van der Waals surface area contributed by atoms with E-state index in [1.54, 1.807) is 0 Å². The van der Waals surface area contributed by atoms with Crippen LogP contribution in [-0.2, 0) is 11.0 Å². The fourth-order valence-electron chi connectivity index (χ4n) is 3.25. The van der Waals surface area contributed by atoms with E-state index >= 15 is 0 Å². The Bertz CT molecular complexity index is 597. The molecule has 1 amide bonds. The van der Waals surface area contributed by atoms with Crippen molar-refractivity contribution in [3.8, 4) is 0 Å². The highest BCUT2D eigenvalue weighted by Crippen LogP contribution is 2.58. The summed E-state index contributed by atoms with van der Waals surface area (Å²) >= 11 is 3.06. The molecule has 3 rings (SSSR count). The lowest BCUT2D eigenvalue weighted by molar-refractivity contribution is -0.137. The van der Waals surface area contributed by atoms with Crippen molar-refractivity contribution in [1.29, 1.82) is 0 Å². The largest absolute Gasteiger partial charge is 0.416 e. The second-order valence-electron chi connectivity index (χ2n) is 6.08. The molecule has 120 valence electrons. The lowest BCUT2D eigenvalue weighted by Crippen LogP contribution is -2.31.